The van der Waals surface area contributed by atoms with E-state index in [-0.39, 0.29) is 10.5 Å². The molecule has 1 N–H and O–H groups in total. The molecule has 0 amide bonds. The van der Waals surface area contributed by atoms with Crippen LogP contribution in [0.1, 0.15) is 11.1 Å². The van der Waals surface area contributed by atoms with Crippen molar-refractivity contribution in [1.29, 1.82) is 0 Å². The molecule has 8 heteroatoms. The van der Waals surface area contributed by atoms with Gasteiger partial charge in [0.15, 0.2) is 0 Å². The molecule has 3 rings (SSSR count). The van der Waals surface area contributed by atoms with Gasteiger partial charge >= 0.3 is 6.18 Å². The zero-order valence-electron chi connectivity index (χ0n) is 14.4. The summed E-state index contributed by atoms with van der Waals surface area (Å²) in [5.74, 6) is -0.921. The predicted molar refractivity (Wildman–Crippen MR) is 97.3 cm³/mol. The quantitative estimate of drug-likeness (QED) is 0.604. The van der Waals surface area contributed by atoms with Crippen LogP contribution in [-0.2, 0) is 22.7 Å². The summed E-state index contributed by atoms with van der Waals surface area (Å²) in [6.07, 6.45) is -4.64. The highest BCUT2D eigenvalue weighted by Crippen LogP contribution is 2.30. The van der Waals surface area contributed by atoms with Crippen LogP contribution in [-0.4, -0.2) is 8.42 Å². The van der Waals surface area contributed by atoms with E-state index in [1.54, 1.807) is 12.1 Å². The van der Waals surface area contributed by atoms with Crippen molar-refractivity contribution in [3.05, 3.63) is 89.7 Å². The van der Waals surface area contributed by atoms with Gasteiger partial charge in [-0.05, 0) is 41.5 Å². The second kappa shape index (κ2) is 7.73. The van der Waals surface area contributed by atoms with Gasteiger partial charge in [0, 0.05) is 12.1 Å². The van der Waals surface area contributed by atoms with Crippen LogP contribution < -0.4 is 4.72 Å². The van der Waals surface area contributed by atoms with E-state index in [4.69, 9.17) is 0 Å². The highest BCUT2D eigenvalue weighted by atomic mass is 32.2. The van der Waals surface area contributed by atoms with E-state index in [0.717, 1.165) is 11.1 Å². The molecule has 0 aliphatic carbocycles. The molecule has 0 unspecified atom stereocenters. The molecule has 3 aromatic rings. The summed E-state index contributed by atoms with van der Waals surface area (Å²) in [6.45, 7) is -0.599. The van der Waals surface area contributed by atoms with Gasteiger partial charge in [0.25, 0.3) is 0 Å². The molecule has 0 fully saturated rings. The van der Waals surface area contributed by atoms with Crippen molar-refractivity contribution in [3.63, 3.8) is 0 Å². The molecule has 3 nitrogen and oxygen atoms in total. The van der Waals surface area contributed by atoms with Crippen LogP contribution in [0, 0.1) is 5.82 Å². The first-order chi connectivity index (χ1) is 13.2. The lowest BCUT2D eigenvalue weighted by Crippen LogP contribution is -2.24. The largest absolute Gasteiger partial charge is 0.416 e. The van der Waals surface area contributed by atoms with Crippen molar-refractivity contribution in [2.24, 2.45) is 0 Å². The van der Waals surface area contributed by atoms with Gasteiger partial charge < -0.3 is 0 Å². The fourth-order valence-corrected chi connectivity index (χ4v) is 3.61. The summed E-state index contributed by atoms with van der Waals surface area (Å²) in [4.78, 5) is -0.0698. The first kappa shape index (κ1) is 20.0. The Labute approximate surface area is 159 Å². The lowest BCUT2D eigenvalue weighted by atomic mass is 10.1. The van der Waals surface area contributed by atoms with Crippen molar-refractivity contribution in [1.82, 2.24) is 4.72 Å². The van der Waals surface area contributed by atoms with E-state index in [1.807, 2.05) is 30.3 Å². The summed E-state index contributed by atoms with van der Waals surface area (Å²) < 4.78 is 79.0. The highest BCUT2D eigenvalue weighted by molar-refractivity contribution is 7.89. The Morgan fingerprint density at radius 2 is 1.43 bits per heavy atom. The third kappa shape index (κ3) is 4.58. The molecule has 0 aliphatic heterocycles. The molecule has 0 spiro atoms. The topological polar surface area (TPSA) is 46.2 Å². The first-order valence-corrected chi connectivity index (χ1v) is 9.66. The van der Waals surface area contributed by atoms with E-state index >= 15 is 0 Å². The highest BCUT2D eigenvalue weighted by Gasteiger charge is 2.31. The van der Waals surface area contributed by atoms with E-state index in [2.05, 4.69) is 4.72 Å². The summed E-state index contributed by atoms with van der Waals surface area (Å²) in [6, 6.07) is 17.2. The lowest BCUT2D eigenvalue weighted by molar-refractivity contribution is -0.137. The predicted octanol–water partition coefficient (Wildman–Crippen LogP) is 4.99. The first-order valence-electron chi connectivity index (χ1n) is 8.17. The minimum absolute atomic E-state index is 0.0698. The summed E-state index contributed by atoms with van der Waals surface area (Å²) in [5, 5.41) is 0. The van der Waals surface area contributed by atoms with Crippen LogP contribution in [0.4, 0.5) is 17.6 Å². The SMILES string of the molecule is O=S(=O)(NCc1cc(C(F)(F)F)ccc1F)c1ccc(-c2ccccc2)cc1. The van der Waals surface area contributed by atoms with Gasteiger partial charge in [-0.25, -0.2) is 17.5 Å². The van der Waals surface area contributed by atoms with Crippen LogP contribution >= 0.6 is 0 Å². The molecular weight excluding hydrogens is 394 g/mol. The second-order valence-corrected chi connectivity index (χ2v) is 7.79. The van der Waals surface area contributed by atoms with E-state index in [0.29, 0.717) is 18.2 Å². The monoisotopic (exact) mass is 409 g/mol. The minimum Gasteiger partial charge on any atom is -0.207 e. The van der Waals surface area contributed by atoms with Gasteiger partial charge in [-0.2, -0.15) is 13.2 Å². The van der Waals surface area contributed by atoms with Crippen molar-refractivity contribution < 1.29 is 26.0 Å². The molecular formula is C20H15F4NO2S. The number of halogens is 4. The molecule has 146 valence electrons. The molecule has 0 heterocycles. The average molecular weight is 409 g/mol. The van der Waals surface area contributed by atoms with Gasteiger partial charge in [-0.15, -0.1) is 0 Å². The fraction of sp³-hybridized carbons (Fsp3) is 0.100. The molecule has 0 radical (unpaired) electrons. The molecule has 0 aromatic heterocycles. The Morgan fingerprint density at radius 1 is 0.821 bits per heavy atom. The van der Waals surface area contributed by atoms with Gasteiger partial charge in [-0.1, -0.05) is 42.5 Å². The van der Waals surface area contributed by atoms with Gasteiger partial charge in [0.1, 0.15) is 5.82 Å². The van der Waals surface area contributed by atoms with E-state index < -0.39 is 34.1 Å². The van der Waals surface area contributed by atoms with Gasteiger partial charge in [0.2, 0.25) is 10.0 Å². The van der Waals surface area contributed by atoms with Crippen LogP contribution in [0.15, 0.2) is 77.7 Å². The Balaban J connectivity index is 1.78. The minimum atomic E-state index is -4.64. The maximum absolute atomic E-state index is 13.8. The normalized spacial score (nSPS) is 12.1. The number of hydrogen-bond donors (Lipinski definition) is 1. The Kier molecular flexibility index (Phi) is 5.53. The maximum atomic E-state index is 13.8. The van der Waals surface area contributed by atoms with Gasteiger partial charge in [0.05, 0.1) is 10.5 Å². The summed E-state index contributed by atoms with van der Waals surface area (Å²) >= 11 is 0. The summed E-state index contributed by atoms with van der Waals surface area (Å²) in [7, 11) is -4.02. The van der Waals surface area contributed by atoms with Gasteiger partial charge in [-0.3, -0.25) is 0 Å². The molecule has 28 heavy (non-hydrogen) atoms. The number of hydrogen-bond acceptors (Lipinski definition) is 2. The fourth-order valence-electron chi connectivity index (χ4n) is 2.60. The van der Waals surface area contributed by atoms with Crippen molar-refractivity contribution in [3.8, 4) is 11.1 Å². The third-order valence-electron chi connectivity index (χ3n) is 4.10. The van der Waals surface area contributed by atoms with Crippen molar-refractivity contribution >= 4 is 10.0 Å². The Bertz CT molecular complexity index is 1060. The zero-order chi connectivity index (χ0) is 20.4. The van der Waals surface area contributed by atoms with E-state index in [9.17, 15) is 26.0 Å². The Hall–Kier alpha value is -2.71. The molecule has 0 aliphatic rings. The van der Waals surface area contributed by atoms with Crippen LogP contribution in [0.5, 0.6) is 0 Å². The standard InChI is InChI=1S/C20H15F4NO2S/c21-19-11-8-17(20(22,23)24)12-16(19)13-25-28(26,27)18-9-6-15(7-10-18)14-4-2-1-3-5-14/h1-12,25H,13H2. The van der Waals surface area contributed by atoms with Crippen LogP contribution in [0.2, 0.25) is 0 Å². The number of nitrogens with one attached hydrogen (secondary N) is 1. The summed E-state index contributed by atoms with van der Waals surface area (Å²) in [5.41, 5.74) is 0.281. The van der Waals surface area contributed by atoms with Crippen LogP contribution in [0.25, 0.3) is 11.1 Å². The Morgan fingerprint density at radius 3 is 2.04 bits per heavy atom. The second-order valence-electron chi connectivity index (χ2n) is 6.02. The van der Waals surface area contributed by atoms with E-state index in [1.165, 1.54) is 12.1 Å². The molecule has 3 aromatic carbocycles. The zero-order valence-corrected chi connectivity index (χ0v) is 15.2. The lowest BCUT2D eigenvalue weighted by Gasteiger charge is -2.11. The van der Waals surface area contributed by atoms with Crippen molar-refractivity contribution in [2.45, 2.75) is 17.6 Å². The molecule has 0 saturated heterocycles. The number of sulfonamides is 1. The average Bonchev–Trinajstić information content (AvgIpc) is 2.67. The number of benzene rings is 3. The molecule has 0 saturated carbocycles. The van der Waals surface area contributed by atoms with Crippen molar-refractivity contribution in [2.75, 3.05) is 0 Å². The smallest absolute Gasteiger partial charge is 0.207 e. The molecule has 0 bridgehead atoms. The number of rotatable bonds is 5. The van der Waals surface area contributed by atoms with Crippen LogP contribution in [0.3, 0.4) is 0 Å². The third-order valence-corrected chi connectivity index (χ3v) is 5.51. The number of alkyl halides is 3. The maximum Gasteiger partial charge on any atom is 0.416 e. The molecule has 0 atom stereocenters.